The van der Waals surface area contributed by atoms with Crippen molar-refractivity contribution in [2.45, 2.75) is 52.0 Å². The van der Waals surface area contributed by atoms with Crippen LogP contribution in [0.15, 0.2) is 72.4 Å². The Hall–Kier alpha value is -3.05. The zero-order chi connectivity index (χ0) is 33.0. The summed E-state index contributed by atoms with van der Waals surface area (Å²) < 4.78 is 2.32. The molecule has 3 aliphatic rings. The molecular formula is C33H46Cl2N6O3S. The van der Waals surface area contributed by atoms with Crippen LogP contribution in [0.3, 0.4) is 0 Å². The standard InChI is InChI=1S/C16H19ClN4O2.C7H14N2OS.C6H5Cl.C4H8/c1-2-21-15(22)10-20-9-11(6-7-14(20)19-21)16(23)18-13-5-3-4-12(17)8-13;1-11-9-4-2-7(3-5-9)8-6-10;7-6-4-2-1-3-5-6;1-3-4-2/h3-5,8,11H,2,6-7,9-10H2,1H3,(H,18,23);6-7H,2-5H2,1H3,(H,8,10);1-5H;3H,1,4H2,2H3. The number of piperidine rings is 2. The van der Waals surface area contributed by atoms with Gasteiger partial charge < -0.3 is 15.5 Å². The molecule has 5 rings (SSSR count). The molecule has 12 heteroatoms. The number of carbonyl (C=O) groups is 3. The molecule has 3 aliphatic heterocycles. The van der Waals surface area contributed by atoms with Crippen LogP contribution in [0.4, 0.5) is 5.69 Å². The highest BCUT2D eigenvalue weighted by Crippen LogP contribution is 2.24. The molecule has 2 fully saturated rings. The molecule has 0 spiro atoms. The molecule has 9 nitrogen and oxygen atoms in total. The molecule has 0 aliphatic carbocycles. The van der Waals surface area contributed by atoms with E-state index in [0.717, 1.165) is 56.0 Å². The smallest absolute Gasteiger partial charge is 0.262 e. The van der Waals surface area contributed by atoms with Crippen LogP contribution in [-0.2, 0) is 14.4 Å². The molecule has 2 N–H and O–H groups in total. The van der Waals surface area contributed by atoms with Crippen LogP contribution in [0.5, 0.6) is 0 Å². The van der Waals surface area contributed by atoms with Crippen LogP contribution in [0.25, 0.3) is 0 Å². The summed E-state index contributed by atoms with van der Waals surface area (Å²) >= 11 is 13.3. The van der Waals surface area contributed by atoms with Crippen LogP contribution in [0.1, 0.15) is 46.0 Å². The van der Waals surface area contributed by atoms with E-state index >= 15 is 0 Å². The molecule has 246 valence electrons. The maximum atomic E-state index is 12.4. The Bertz CT molecular complexity index is 1230. The lowest BCUT2D eigenvalue weighted by Gasteiger charge is -2.38. The van der Waals surface area contributed by atoms with Gasteiger partial charge in [0.1, 0.15) is 12.4 Å². The van der Waals surface area contributed by atoms with E-state index in [1.807, 2.05) is 54.3 Å². The lowest BCUT2D eigenvalue weighted by atomic mass is 9.95. The number of anilines is 1. The number of nitrogens with one attached hydrogen (secondary N) is 2. The lowest BCUT2D eigenvalue weighted by Crippen LogP contribution is -2.52. The number of allylic oxidation sites excluding steroid dienone is 1. The summed E-state index contributed by atoms with van der Waals surface area (Å²) in [5, 5.41) is 13.0. The van der Waals surface area contributed by atoms with Gasteiger partial charge in [-0.3, -0.25) is 18.7 Å². The van der Waals surface area contributed by atoms with Gasteiger partial charge in [-0.25, -0.2) is 5.01 Å². The second-order valence-corrected chi connectivity index (χ2v) is 12.2. The van der Waals surface area contributed by atoms with Crippen LogP contribution in [-0.4, -0.2) is 83.3 Å². The monoisotopic (exact) mass is 676 g/mol. The number of nitrogens with zero attached hydrogens (tertiary/aromatic N) is 4. The third-order valence-corrected chi connectivity index (χ3v) is 8.54. The Morgan fingerprint density at radius 3 is 2.27 bits per heavy atom. The van der Waals surface area contributed by atoms with Crippen molar-refractivity contribution in [2.75, 3.05) is 44.3 Å². The fourth-order valence-electron chi connectivity index (χ4n) is 4.62. The molecule has 0 saturated carbocycles. The SMILES string of the molecule is C=CCC.CCN1N=C2CCC(C(=O)Nc3cccc(Cl)c3)CN2CC1=O.CSN1CCC(NC=O)CC1.Clc1ccccc1. The van der Waals surface area contributed by atoms with Gasteiger partial charge in [0.2, 0.25) is 12.3 Å². The number of hydrogen-bond acceptors (Lipinski definition) is 7. The Morgan fingerprint density at radius 1 is 1.07 bits per heavy atom. The molecule has 2 aromatic rings. The number of halogens is 2. The summed E-state index contributed by atoms with van der Waals surface area (Å²) in [6, 6.07) is 16.9. The van der Waals surface area contributed by atoms with Crippen molar-refractivity contribution in [2.24, 2.45) is 11.0 Å². The number of amidine groups is 1. The van der Waals surface area contributed by atoms with Crippen LogP contribution in [0.2, 0.25) is 10.0 Å². The number of benzene rings is 2. The van der Waals surface area contributed by atoms with Gasteiger partial charge in [-0.1, -0.05) is 72.4 Å². The maximum absolute atomic E-state index is 12.4. The highest BCUT2D eigenvalue weighted by molar-refractivity contribution is 7.96. The fraction of sp³-hybridized carbons (Fsp3) is 0.455. The molecule has 45 heavy (non-hydrogen) atoms. The van der Waals surface area contributed by atoms with Gasteiger partial charge in [-0.2, -0.15) is 5.10 Å². The first-order valence-electron chi connectivity index (χ1n) is 15.2. The van der Waals surface area contributed by atoms with E-state index in [1.54, 1.807) is 30.1 Å². The van der Waals surface area contributed by atoms with Gasteiger partial charge in [0, 0.05) is 54.4 Å². The van der Waals surface area contributed by atoms with E-state index < -0.39 is 0 Å². The summed E-state index contributed by atoms with van der Waals surface area (Å²) in [4.78, 5) is 36.4. The Kier molecular flexibility index (Phi) is 18.3. The van der Waals surface area contributed by atoms with Crippen LogP contribution >= 0.6 is 35.1 Å². The van der Waals surface area contributed by atoms with E-state index in [1.165, 1.54) is 5.01 Å². The molecule has 2 aromatic carbocycles. The Labute approximate surface area is 282 Å². The molecule has 3 amide bonds. The number of carbonyl (C=O) groups excluding carboxylic acids is 3. The minimum atomic E-state index is -0.158. The topological polar surface area (TPSA) is 97.3 Å². The second kappa shape index (κ2) is 21.6. The van der Waals surface area contributed by atoms with Crippen molar-refractivity contribution in [3.8, 4) is 0 Å². The zero-order valence-electron chi connectivity index (χ0n) is 26.5. The molecule has 1 atom stereocenters. The number of likely N-dealkylation sites (N-methyl/N-ethyl adjacent to an activating group) is 1. The third-order valence-electron chi connectivity index (χ3n) is 7.17. The van der Waals surface area contributed by atoms with Crippen LogP contribution < -0.4 is 10.6 Å². The summed E-state index contributed by atoms with van der Waals surface area (Å²) in [6.07, 6.45) is 9.46. The third kappa shape index (κ3) is 14.3. The second-order valence-electron chi connectivity index (χ2n) is 10.4. The van der Waals surface area contributed by atoms with Crippen molar-refractivity contribution in [3.05, 3.63) is 77.3 Å². The number of hydrogen-bond donors (Lipinski definition) is 2. The zero-order valence-corrected chi connectivity index (χ0v) is 28.8. The fourth-order valence-corrected chi connectivity index (χ4v) is 5.53. The van der Waals surface area contributed by atoms with Crippen molar-refractivity contribution >= 4 is 64.9 Å². The van der Waals surface area contributed by atoms with Crippen molar-refractivity contribution in [1.29, 1.82) is 0 Å². The molecule has 0 radical (unpaired) electrons. The largest absolute Gasteiger partial charge is 0.356 e. The molecule has 1 unspecified atom stereocenters. The van der Waals surface area contributed by atoms with Gasteiger partial charge in [0.25, 0.3) is 5.91 Å². The van der Waals surface area contributed by atoms with Gasteiger partial charge in [-0.15, -0.1) is 6.58 Å². The van der Waals surface area contributed by atoms with Gasteiger partial charge in [0.15, 0.2) is 0 Å². The average molecular weight is 678 g/mol. The molecule has 0 aromatic heterocycles. The van der Waals surface area contributed by atoms with E-state index in [2.05, 4.69) is 39.8 Å². The predicted octanol–water partition coefficient (Wildman–Crippen LogP) is 6.56. The number of rotatable bonds is 7. The first-order valence-corrected chi connectivity index (χ1v) is 17.2. The molecular weight excluding hydrogens is 631 g/mol. The highest BCUT2D eigenvalue weighted by Gasteiger charge is 2.34. The molecule has 2 saturated heterocycles. The Balaban J connectivity index is 0.000000263. The van der Waals surface area contributed by atoms with E-state index in [4.69, 9.17) is 23.2 Å². The summed E-state index contributed by atoms with van der Waals surface area (Å²) in [5.74, 6) is 0.677. The van der Waals surface area contributed by atoms with Crippen molar-refractivity contribution in [1.82, 2.24) is 19.5 Å². The average Bonchev–Trinajstić information content (AvgIpc) is 3.06. The van der Waals surface area contributed by atoms with Gasteiger partial charge in [-0.05, 0) is 69.2 Å². The van der Waals surface area contributed by atoms with E-state index in [9.17, 15) is 14.4 Å². The lowest BCUT2D eigenvalue weighted by molar-refractivity contribution is -0.133. The number of amides is 3. The first-order chi connectivity index (χ1) is 21.7. The van der Waals surface area contributed by atoms with E-state index in [-0.39, 0.29) is 17.7 Å². The van der Waals surface area contributed by atoms with Gasteiger partial charge in [0.05, 0.1) is 5.92 Å². The van der Waals surface area contributed by atoms with Crippen LogP contribution in [0, 0.1) is 5.92 Å². The quantitative estimate of drug-likeness (QED) is 0.196. The predicted molar refractivity (Wildman–Crippen MR) is 188 cm³/mol. The summed E-state index contributed by atoms with van der Waals surface area (Å²) in [5.41, 5.74) is 0.689. The van der Waals surface area contributed by atoms with Gasteiger partial charge >= 0.3 is 0 Å². The van der Waals surface area contributed by atoms with E-state index in [0.29, 0.717) is 42.8 Å². The Morgan fingerprint density at radius 2 is 1.73 bits per heavy atom. The van der Waals surface area contributed by atoms with Crippen molar-refractivity contribution in [3.63, 3.8) is 0 Å². The normalized spacial score (nSPS) is 17.8. The number of hydrazone groups is 1. The minimum absolute atomic E-state index is 0.0212. The molecule has 3 heterocycles. The number of fused-ring (bicyclic) bond motifs is 1. The summed E-state index contributed by atoms with van der Waals surface area (Å²) in [6.45, 7) is 11.0. The molecule has 0 bridgehead atoms. The highest BCUT2D eigenvalue weighted by atomic mass is 35.5. The maximum Gasteiger partial charge on any atom is 0.262 e. The summed E-state index contributed by atoms with van der Waals surface area (Å²) in [7, 11) is 0. The van der Waals surface area contributed by atoms with Crippen molar-refractivity contribution < 1.29 is 14.4 Å². The minimum Gasteiger partial charge on any atom is -0.356 e. The first kappa shape index (κ1) is 38.1.